The van der Waals surface area contributed by atoms with Gasteiger partial charge in [0.15, 0.2) is 0 Å². The van der Waals surface area contributed by atoms with Crippen molar-refractivity contribution in [2.24, 2.45) is 9.98 Å². The molecule has 7 heteroatoms. The summed E-state index contributed by atoms with van der Waals surface area (Å²) in [5.41, 5.74) is 5.38. The molecule has 0 aliphatic heterocycles. The van der Waals surface area contributed by atoms with Gasteiger partial charge in [-0.15, -0.1) is 0 Å². The number of aromatic nitrogens is 5. The van der Waals surface area contributed by atoms with E-state index in [1.807, 2.05) is 19.1 Å². The summed E-state index contributed by atoms with van der Waals surface area (Å²) in [7, 11) is 0. The summed E-state index contributed by atoms with van der Waals surface area (Å²) in [6.07, 6.45) is 8.45. The topological polar surface area (TPSA) is 95.0 Å². The maximum absolute atomic E-state index is 4.46. The van der Waals surface area contributed by atoms with E-state index in [1.54, 1.807) is 24.8 Å². The van der Waals surface area contributed by atoms with Crippen LogP contribution in [0.15, 0.2) is 53.0 Å². The van der Waals surface area contributed by atoms with Crippen molar-refractivity contribution in [2.75, 3.05) is 0 Å². The summed E-state index contributed by atoms with van der Waals surface area (Å²) in [6, 6.07) is 6.03. The number of allylic oxidation sites excluding steroid dienone is 1. The molecule has 0 fully saturated rings. The van der Waals surface area contributed by atoms with Crippen LogP contribution in [0.25, 0.3) is 38.8 Å². The molecule has 0 aliphatic rings. The normalized spacial score (nSPS) is 12.4. The third kappa shape index (κ3) is 2.72. The van der Waals surface area contributed by atoms with Crippen molar-refractivity contribution in [1.82, 2.24) is 25.1 Å². The van der Waals surface area contributed by atoms with Gasteiger partial charge in [-0.2, -0.15) is 5.10 Å². The second kappa shape index (κ2) is 6.12. The zero-order valence-electron chi connectivity index (χ0n) is 13.6. The summed E-state index contributed by atoms with van der Waals surface area (Å²) in [6.45, 7) is 5.31. The summed E-state index contributed by atoms with van der Waals surface area (Å²) >= 11 is 0. The van der Waals surface area contributed by atoms with Crippen LogP contribution in [0.2, 0.25) is 0 Å². The van der Waals surface area contributed by atoms with Crippen LogP contribution in [0.1, 0.15) is 12.6 Å². The second-order valence-corrected chi connectivity index (χ2v) is 5.59. The van der Waals surface area contributed by atoms with Crippen LogP contribution in [-0.4, -0.2) is 38.2 Å². The van der Waals surface area contributed by atoms with Crippen molar-refractivity contribution < 1.29 is 0 Å². The smallest absolute Gasteiger partial charge is 0.116 e. The highest BCUT2D eigenvalue weighted by Gasteiger charge is 2.12. The average molecular weight is 329 g/mol. The van der Waals surface area contributed by atoms with E-state index in [9.17, 15) is 0 Å². The molecule has 7 nitrogen and oxygen atoms in total. The lowest BCUT2D eigenvalue weighted by Crippen LogP contribution is -1.86. The molecule has 0 amide bonds. The minimum atomic E-state index is 0.828. The van der Waals surface area contributed by atoms with E-state index < -0.39 is 0 Å². The van der Waals surface area contributed by atoms with Gasteiger partial charge in [0.1, 0.15) is 12.0 Å². The first-order valence-electron chi connectivity index (χ1n) is 7.68. The van der Waals surface area contributed by atoms with Crippen molar-refractivity contribution in [3.63, 3.8) is 0 Å². The molecule has 0 radical (unpaired) electrons. The quantitative estimate of drug-likeness (QED) is 0.442. The molecule has 0 saturated heterocycles. The van der Waals surface area contributed by atoms with E-state index in [1.165, 1.54) is 6.34 Å². The van der Waals surface area contributed by atoms with Crippen molar-refractivity contribution in [3.05, 3.63) is 48.7 Å². The summed E-state index contributed by atoms with van der Waals surface area (Å²) in [5.74, 6) is 0. The van der Waals surface area contributed by atoms with E-state index in [2.05, 4.69) is 47.9 Å². The molecule has 122 valence electrons. The van der Waals surface area contributed by atoms with Gasteiger partial charge < -0.3 is 4.98 Å². The first-order valence-corrected chi connectivity index (χ1v) is 7.68. The van der Waals surface area contributed by atoms with Gasteiger partial charge in [-0.3, -0.25) is 20.1 Å². The van der Waals surface area contributed by atoms with Gasteiger partial charge in [0.05, 0.1) is 34.8 Å². The lowest BCUT2D eigenvalue weighted by Gasteiger charge is -2.00. The molecule has 2 N–H and O–H groups in total. The zero-order chi connectivity index (χ0) is 17.2. The average Bonchev–Trinajstić information content (AvgIpc) is 3.24. The number of hydrogen-bond acceptors (Lipinski definition) is 4. The number of pyridine rings is 2. The molecule has 4 heterocycles. The Hall–Kier alpha value is -3.61. The lowest BCUT2D eigenvalue weighted by atomic mass is 10.1. The highest BCUT2D eigenvalue weighted by Crippen LogP contribution is 2.29. The molecule has 0 aliphatic carbocycles. The first-order chi connectivity index (χ1) is 12.3. The Morgan fingerprint density at radius 1 is 1.24 bits per heavy atom. The van der Waals surface area contributed by atoms with E-state index in [-0.39, 0.29) is 0 Å². The maximum Gasteiger partial charge on any atom is 0.116 e. The molecule has 0 spiro atoms. The number of aliphatic imine (C=N–C) groups is 2. The maximum atomic E-state index is 4.46. The zero-order valence-corrected chi connectivity index (χ0v) is 13.6. The number of nitrogens with one attached hydrogen (secondary N) is 2. The Morgan fingerprint density at radius 3 is 3.00 bits per heavy atom. The second-order valence-electron chi connectivity index (χ2n) is 5.59. The van der Waals surface area contributed by atoms with Crippen LogP contribution in [0.5, 0.6) is 0 Å². The molecule has 4 aromatic heterocycles. The molecule has 0 unspecified atom stereocenters. The predicted molar refractivity (Wildman–Crippen MR) is 101 cm³/mol. The van der Waals surface area contributed by atoms with Gasteiger partial charge in [0.2, 0.25) is 0 Å². The Labute approximate surface area is 143 Å². The van der Waals surface area contributed by atoms with Gasteiger partial charge >= 0.3 is 0 Å². The molecule has 0 bridgehead atoms. The minimum Gasteiger partial charge on any atom is -0.352 e. The fourth-order valence-corrected chi connectivity index (χ4v) is 2.70. The third-order valence-corrected chi connectivity index (χ3v) is 3.95. The third-order valence-electron chi connectivity index (χ3n) is 3.95. The van der Waals surface area contributed by atoms with Crippen molar-refractivity contribution >= 4 is 40.4 Å². The predicted octanol–water partition coefficient (Wildman–Crippen LogP) is 3.59. The van der Waals surface area contributed by atoms with Crippen molar-refractivity contribution in [1.29, 1.82) is 0 Å². The summed E-state index contributed by atoms with van der Waals surface area (Å²) in [4.78, 5) is 19.6. The molecular formula is C18H15N7. The van der Waals surface area contributed by atoms with E-state index in [0.29, 0.717) is 0 Å². The molecular weight excluding hydrogens is 314 g/mol. The van der Waals surface area contributed by atoms with Crippen LogP contribution in [0.4, 0.5) is 0 Å². The van der Waals surface area contributed by atoms with E-state index in [0.717, 1.165) is 44.5 Å². The van der Waals surface area contributed by atoms with Gasteiger partial charge in [-0.1, -0.05) is 0 Å². The van der Waals surface area contributed by atoms with E-state index >= 15 is 0 Å². The molecule has 0 saturated carbocycles. The fourth-order valence-electron chi connectivity index (χ4n) is 2.70. The van der Waals surface area contributed by atoms with Gasteiger partial charge in [-0.05, 0) is 37.4 Å². The number of aromatic amines is 2. The molecule has 25 heavy (non-hydrogen) atoms. The van der Waals surface area contributed by atoms with Crippen LogP contribution in [0.3, 0.4) is 0 Å². The number of rotatable bonds is 4. The molecule has 4 rings (SSSR count). The highest BCUT2D eigenvalue weighted by atomic mass is 15.1. The Bertz CT molecular complexity index is 1100. The van der Waals surface area contributed by atoms with Crippen LogP contribution in [-0.2, 0) is 0 Å². The summed E-state index contributed by atoms with van der Waals surface area (Å²) in [5, 5.41) is 9.56. The largest absolute Gasteiger partial charge is 0.352 e. The Balaban J connectivity index is 1.82. The standard InChI is InChI=1S/C18H15N7/c1-11(7-21-10-19-2)14-6-13-17(9-22-14)24-25-18(13)15-5-12-3-4-20-8-16(12)23-15/h3-10,23H,2H2,1H3,(H,24,25)/b11-7+,21-10-. The lowest BCUT2D eigenvalue weighted by molar-refractivity contribution is 1.11. The molecule has 0 atom stereocenters. The highest BCUT2D eigenvalue weighted by molar-refractivity contribution is 5.96. The van der Waals surface area contributed by atoms with Gasteiger partial charge in [0, 0.05) is 23.2 Å². The van der Waals surface area contributed by atoms with Crippen LogP contribution < -0.4 is 0 Å². The van der Waals surface area contributed by atoms with Crippen molar-refractivity contribution in [3.8, 4) is 11.4 Å². The van der Waals surface area contributed by atoms with Crippen LogP contribution in [0, 0.1) is 0 Å². The SMILES string of the molecule is C=N/C=N\C=C(/C)c1cc2c(-c3cc4ccncc4[nH]3)n[nH]c2cn1. The molecule has 0 aromatic carbocycles. The van der Waals surface area contributed by atoms with E-state index in [4.69, 9.17) is 0 Å². The fraction of sp³-hybridized carbons (Fsp3) is 0.0556. The van der Waals surface area contributed by atoms with Crippen molar-refractivity contribution in [2.45, 2.75) is 6.92 Å². The monoisotopic (exact) mass is 329 g/mol. The number of fused-ring (bicyclic) bond motifs is 2. The molecule has 4 aromatic rings. The Morgan fingerprint density at radius 2 is 2.16 bits per heavy atom. The number of hydrogen-bond donors (Lipinski definition) is 2. The van der Waals surface area contributed by atoms with Gasteiger partial charge in [0.25, 0.3) is 0 Å². The Kier molecular flexibility index (Phi) is 3.66. The summed E-state index contributed by atoms with van der Waals surface area (Å²) < 4.78 is 0. The van der Waals surface area contributed by atoms with Gasteiger partial charge in [-0.25, -0.2) is 4.99 Å². The number of H-pyrrole nitrogens is 2. The minimum absolute atomic E-state index is 0.828. The first kappa shape index (κ1) is 14.9. The van der Waals surface area contributed by atoms with Crippen LogP contribution >= 0.6 is 0 Å². The number of nitrogens with zero attached hydrogens (tertiary/aromatic N) is 5.